The molecule has 0 amide bonds. The number of halogens is 4. The molecular formula is C14H8BrCl2FO. The maximum atomic E-state index is 13.4. The fraction of sp³-hybridized carbons (Fsp3) is 0.0714. The van der Waals surface area contributed by atoms with Crippen molar-refractivity contribution in [3.63, 3.8) is 0 Å². The third kappa shape index (κ3) is 3.56. The molecule has 0 bridgehead atoms. The van der Waals surface area contributed by atoms with Crippen LogP contribution in [-0.4, -0.2) is 5.78 Å². The Kier molecular flexibility index (Phi) is 4.61. The Morgan fingerprint density at radius 1 is 1.16 bits per heavy atom. The number of hydrogen-bond donors (Lipinski definition) is 0. The van der Waals surface area contributed by atoms with Gasteiger partial charge in [-0.3, -0.25) is 4.79 Å². The van der Waals surface area contributed by atoms with Crippen LogP contribution in [0.1, 0.15) is 15.9 Å². The number of carbonyl (C=O) groups is 1. The molecule has 0 unspecified atom stereocenters. The standard InChI is InChI=1S/C14H8BrCl2FO/c15-14-8(2-1-3-12(14)18)6-13(19)9-4-10(16)7-11(17)5-9/h1-5,7H,6H2. The molecule has 2 aromatic carbocycles. The molecule has 19 heavy (non-hydrogen) atoms. The second-order valence-electron chi connectivity index (χ2n) is 3.97. The molecule has 2 rings (SSSR count). The Morgan fingerprint density at radius 3 is 2.42 bits per heavy atom. The highest BCUT2D eigenvalue weighted by atomic mass is 79.9. The summed E-state index contributed by atoms with van der Waals surface area (Å²) in [4.78, 5) is 12.1. The van der Waals surface area contributed by atoms with Gasteiger partial charge < -0.3 is 0 Å². The van der Waals surface area contributed by atoms with Gasteiger partial charge >= 0.3 is 0 Å². The van der Waals surface area contributed by atoms with Gasteiger partial charge in [-0.2, -0.15) is 0 Å². The van der Waals surface area contributed by atoms with E-state index in [2.05, 4.69) is 15.9 Å². The largest absolute Gasteiger partial charge is 0.294 e. The minimum Gasteiger partial charge on any atom is -0.294 e. The highest BCUT2D eigenvalue weighted by molar-refractivity contribution is 9.10. The van der Waals surface area contributed by atoms with Crippen LogP contribution in [0, 0.1) is 5.82 Å². The van der Waals surface area contributed by atoms with Crippen LogP contribution in [0.2, 0.25) is 10.0 Å². The third-order valence-corrected chi connectivity index (χ3v) is 3.89. The van der Waals surface area contributed by atoms with Gasteiger partial charge in [-0.15, -0.1) is 0 Å². The van der Waals surface area contributed by atoms with E-state index < -0.39 is 5.82 Å². The van der Waals surface area contributed by atoms with E-state index >= 15 is 0 Å². The van der Waals surface area contributed by atoms with Crippen molar-refractivity contribution in [2.75, 3.05) is 0 Å². The van der Waals surface area contributed by atoms with Crippen LogP contribution in [0.3, 0.4) is 0 Å². The van der Waals surface area contributed by atoms with E-state index in [0.717, 1.165) is 0 Å². The van der Waals surface area contributed by atoms with Crippen molar-refractivity contribution >= 4 is 44.9 Å². The predicted octanol–water partition coefficient (Wildman–Crippen LogP) is 5.32. The van der Waals surface area contributed by atoms with Gasteiger partial charge in [0.15, 0.2) is 5.78 Å². The van der Waals surface area contributed by atoms with Crippen LogP contribution >= 0.6 is 39.1 Å². The zero-order chi connectivity index (χ0) is 14.0. The molecule has 0 aliphatic rings. The smallest absolute Gasteiger partial charge is 0.167 e. The molecular weight excluding hydrogens is 354 g/mol. The molecule has 0 saturated heterocycles. The van der Waals surface area contributed by atoms with Gasteiger partial charge in [-0.1, -0.05) is 35.3 Å². The molecule has 0 saturated carbocycles. The molecule has 0 fully saturated rings. The van der Waals surface area contributed by atoms with Crippen molar-refractivity contribution < 1.29 is 9.18 Å². The first-order valence-corrected chi connectivity index (χ1v) is 6.94. The summed E-state index contributed by atoms with van der Waals surface area (Å²) in [6, 6.07) is 9.23. The number of benzene rings is 2. The van der Waals surface area contributed by atoms with E-state index in [9.17, 15) is 9.18 Å². The van der Waals surface area contributed by atoms with Crippen LogP contribution in [0.5, 0.6) is 0 Å². The second-order valence-corrected chi connectivity index (χ2v) is 5.64. The Morgan fingerprint density at radius 2 is 1.79 bits per heavy atom. The molecule has 0 aliphatic carbocycles. The zero-order valence-corrected chi connectivity index (χ0v) is 12.7. The fourth-order valence-corrected chi connectivity index (χ4v) is 2.61. The van der Waals surface area contributed by atoms with E-state index in [1.54, 1.807) is 30.3 Å². The first-order chi connectivity index (χ1) is 8.97. The van der Waals surface area contributed by atoms with E-state index in [-0.39, 0.29) is 12.2 Å². The van der Waals surface area contributed by atoms with Crippen molar-refractivity contribution in [1.82, 2.24) is 0 Å². The van der Waals surface area contributed by atoms with E-state index in [0.29, 0.717) is 25.6 Å². The van der Waals surface area contributed by atoms with Crippen LogP contribution in [0.4, 0.5) is 4.39 Å². The van der Waals surface area contributed by atoms with Gasteiger partial charge in [-0.05, 0) is 45.8 Å². The average Bonchev–Trinajstić information content (AvgIpc) is 2.33. The number of ketones is 1. The van der Waals surface area contributed by atoms with Gasteiger partial charge in [0.05, 0.1) is 4.47 Å². The lowest BCUT2D eigenvalue weighted by molar-refractivity contribution is 0.0992. The first kappa shape index (κ1) is 14.5. The van der Waals surface area contributed by atoms with E-state index in [1.165, 1.54) is 6.07 Å². The molecule has 0 spiro atoms. The van der Waals surface area contributed by atoms with Gasteiger partial charge in [0.1, 0.15) is 5.82 Å². The molecule has 98 valence electrons. The quantitative estimate of drug-likeness (QED) is 0.676. The van der Waals surface area contributed by atoms with Crippen LogP contribution in [-0.2, 0) is 6.42 Å². The fourth-order valence-electron chi connectivity index (χ4n) is 1.67. The molecule has 0 aromatic heterocycles. The van der Waals surface area contributed by atoms with Crippen molar-refractivity contribution in [2.45, 2.75) is 6.42 Å². The van der Waals surface area contributed by atoms with Gasteiger partial charge in [0, 0.05) is 22.0 Å². The normalized spacial score (nSPS) is 10.5. The Hall–Kier alpha value is -0.900. The first-order valence-electron chi connectivity index (χ1n) is 5.39. The second kappa shape index (κ2) is 6.04. The van der Waals surface area contributed by atoms with E-state index in [4.69, 9.17) is 23.2 Å². The van der Waals surface area contributed by atoms with Crippen LogP contribution in [0.25, 0.3) is 0 Å². The molecule has 0 aliphatic heterocycles. The highest BCUT2D eigenvalue weighted by Crippen LogP contribution is 2.24. The van der Waals surface area contributed by atoms with Crippen molar-refractivity contribution in [1.29, 1.82) is 0 Å². The summed E-state index contributed by atoms with van der Waals surface area (Å²) in [7, 11) is 0. The summed E-state index contributed by atoms with van der Waals surface area (Å²) in [5.74, 6) is -0.565. The zero-order valence-electron chi connectivity index (χ0n) is 9.59. The molecule has 5 heteroatoms. The summed E-state index contributed by atoms with van der Waals surface area (Å²) >= 11 is 14.8. The molecule has 0 radical (unpaired) electrons. The third-order valence-electron chi connectivity index (χ3n) is 2.57. The SMILES string of the molecule is O=C(Cc1cccc(F)c1Br)c1cc(Cl)cc(Cl)c1. The molecule has 2 aromatic rings. The number of rotatable bonds is 3. The van der Waals surface area contributed by atoms with E-state index in [1.807, 2.05) is 0 Å². The van der Waals surface area contributed by atoms with Gasteiger partial charge in [0.2, 0.25) is 0 Å². The summed E-state index contributed by atoms with van der Waals surface area (Å²) in [6.07, 6.45) is 0.0784. The topological polar surface area (TPSA) is 17.1 Å². The summed E-state index contributed by atoms with van der Waals surface area (Å²) in [6.45, 7) is 0. The number of carbonyl (C=O) groups excluding carboxylic acids is 1. The summed E-state index contributed by atoms with van der Waals surface area (Å²) in [5.41, 5.74) is 0.995. The maximum Gasteiger partial charge on any atom is 0.167 e. The van der Waals surface area contributed by atoms with Crippen LogP contribution in [0.15, 0.2) is 40.9 Å². The van der Waals surface area contributed by atoms with Crippen LogP contribution < -0.4 is 0 Å². The lowest BCUT2D eigenvalue weighted by Gasteiger charge is -2.06. The number of hydrogen-bond acceptors (Lipinski definition) is 1. The van der Waals surface area contributed by atoms with Crippen molar-refractivity contribution in [3.8, 4) is 0 Å². The summed E-state index contributed by atoms with van der Waals surface area (Å²) < 4.78 is 13.7. The molecule has 1 nitrogen and oxygen atoms in total. The van der Waals surface area contributed by atoms with Crippen molar-refractivity contribution in [3.05, 3.63) is 67.9 Å². The predicted molar refractivity (Wildman–Crippen MR) is 78.6 cm³/mol. The van der Waals surface area contributed by atoms with Gasteiger partial charge in [0.25, 0.3) is 0 Å². The lowest BCUT2D eigenvalue weighted by Crippen LogP contribution is -2.04. The maximum absolute atomic E-state index is 13.4. The van der Waals surface area contributed by atoms with Crippen molar-refractivity contribution in [2.24, 2.45) is 0 Å². The molecule has 0 heterocycles. The monoisotopic (exact) mass is 360 g/mol. The average molecular weight is 362 g/mol. The minimum atomic E-state index is -0.394. The summed E-state index contributed by atoms with van der Waals surface area (Å²) in [5, 5.41) is 0.795. The van der Waals surface area contributed by atoms with Gasteiger partial charge in [-0.25, -0.2) is 4.39 Å². The molecule has 0 N–H and O–H groups in total. The number of Topliss-reactive ketones (excluding diaryl/α,β-unsaturated/α-hetero) is 1. The lowest BCUT2D eigenvalue weighted by atomic mass is 10.0. The minimum absolute atomic E-state index is 0.0784. The highest BCUT2D eigenvalue weighted by Gasteiger charge is 2.12. The Balaban J connectivity index is 2.28. The Labute approximate surface area is 128 Å². The molecule has 0 atom stereocenters. The Bertz CT molecular complexity index is 623.